The van der Waals surface area contributed by atoms with Crippen LogP contribution < -0.4 is 4.90 Å². The van der Waals surface area contributed by atoms with Crippen molar-refractivity contribution >= 4 is 79.5 Å². The number of para-hydroxylation sites is 1. The summed E-state index contributed by atoms with van der Waals surface area (Å²) in [5.41, 5.74) is 2.47. The number of rotatable bonds is 6. The maximum absolute atomic E-state index is 13.3. The number of nitrogens with zero attached hydrogens (tertiary/aromatic N) is 3. The molecule has 30 heavy (non-hydrogen) atoms. The summed E-state index contributed by atoms with van der Waals surface area (Å²) in [6.45, 7) is 6.91. The quantitative estimate of drug-likeness (QED) is 0.426. The van der Waals surface area contributed by atoms with E-state index in [-0.39, 0.29) is 18.3 Å². The van der Waals surface area contributed by atoms with Crippen molar-refractivity contribution < 1.29 is 9.53 Å². The molecule has 3 aromatic rings. The number of carbonyl (C=O) groups excluding carboxylic acids is 1. The van der Waals surface area contributed by atoms with Crippen molar-refractivity contribution in [1.29, 1.82) is 0 Å². The number of thiazole rings is 1. The Balaban J connectivity index is 0.00000256. The molecular formula is C20H22Cl3N3O2S2. The summed E-state index contributed by atoms with van der Waals surface area (Å²) in [5.74, 6) is -0.156. The highest BCUT2D eigenvalue weighted by Gasteiger charge is 2.25. The lowest BCUT2D eigenvalue weighted by molar-refractivity contribution is 0.0376. The number of hydrogen-bond acceptors (Lipinski definition) is 6. The van der Waals surface area contributed by atoms with Crippen molar-refractivity contribution in [3.05, 3.63) is 44.1 Å². The van der Waals surface area contributed by atoms with Crippen LogP contribution in [-0.4, -0.2) is 55.2 Å². The predicted molar refractivity (Wildman–Crippen MR) is 129 cm³/mol. The number of amides is 1. The third kappa shape index (κ3) is 5.27. The minimum absolute atomic E-state index is 0. The molecule has 0 atom stereocenters. The molecule has 0 saturated carbocycles. The van der Waals surface area contributed by atoms with Gasteiger partial charge in [0.25, 0.3) is 5.91 Å². The summed E-state index contributed by atoms with van der Waals surface area (Å²) in [5, 5.41) is 0.694. The molecule has 0 N–H and O–H groups in total. The zero-order valence-corrected chi connectivity index (χ0v) is 20.4. The molecule has 1 aliphatic rings. The van der Waals surface area contributed by atoms with E-state index in [0.717, 1.165) is 55.0 Å². The largest absolute Gasteiger partial charge is 0.379 e. The van der Waals surface area contributed by atoms with Gasteiger partial charge in [0.15, 0.2) is 5.13 Å². The van der Waals surface area contributed by atoms with E-state index in [9.17, 15) is 4.79 Å². The molecule has 162 valence electrons. The number of carbonyl (C=O) groups is 1. The lowest BCUT2D eigenvalue weighted by Gasteiger charge is -2.27. The molecule has 0 spiro atoms. The second kappa shape index (κ2) is 10.6. The number of aryl methyl sites for hydroxylation is 1. The lowest BCUT2D eigenvalue weighted by atomic mass is 10.2. The van der Waals surface area contributed by atoms with Crippen molar-refractivity contribution in [3.63, 3.8) is 0 Å². The Morgan fingerprint density at radius 3 is 2.70 bits per heavy atom. The molecule has 5 nitrogen and oxygen atoms in total. The number of aromatic nitrogens is 1. The first-order chi connectivity index (χ1) is 14.0. The minimum atomic E-state index is -0.156. The molecule has 1 aromatic carbocycles. The molecule has 4 rings (SSSR count). The fraction of sp³-hybridized carbons (Fsp3) is 0.400. The number of benzene rings is 1. The van der Waals surface area contributed by atoms with E-state index in [0.29, 0.717) is 25.9 Å². The van der Waals surface area contributed by atoms with Gasteiger partial charge in [-0.15, -0.1) is 23.7 Å². The van der Waals surface area contributed by atoms with Crippen LogP contribution in [0.15, 0.2) is 24.3 Å². The van der Waals surface area contributed by atoms with Crippen LogP contribution in [-0.2, 0) is 4.74 Å². The van der Waals surface area contributed by atoms with Gasteiger partial charge in [0.1, 0.15) is 4.34 Å². The van der Waals surface area contributed by atoms with E-state index in [2.05, 4.69) is 4.90 Å². The molecule has 10 heteroatoms. The van der Waals surface area contributed by atoms with E-state index in [1.807, 2.05) is 25.1 Å². The van der Waals surface area contributed by atoms with E-state index in [4.69, 9.17) is 32.9 Å². The van der Waals surface area contributed by atoms with Gasteiger partial charge in [-0.25, -0.2) is 4.98 Å². The minimum Gasteiger partial charge on any atom is -0.379 e. The Labute approximate surface area is 200 Å². The first-order valence-electron chi connectivity index (χ1n) is 9.46. The molecule has 0 unspecified atom stereocenters. The molecule has 1 amide bonds. The van der Waals surface area contributed by atoms with Gasteiger partial charge >= 0.3 is 0 Å². The van der Waals surface area contributed by atoms with Crippen LogP contribution in [0.3, 0.4) is 0 Å². The highest BCUT2D eigenvalue weighted by molar-refractivity contribution is 7.22. The molecule has 1 saturated heterocycles. The Hall–Kier alpha value is -0.930. The Morgan fingerprint density at radius 2 is 2.03 bits per heavy atom. The average molecular weight is 507 g/mol. The van der Waals surface area contributed by atoms with E-state index >= 15 is 0 Å². The SMILES string of the molecule is Cc1cccc2sc(N(CCCN3CCOCC3)C(=O)c3cc(Cl)sc3Cl)nc12.Cl. The number of morpholine rings is 1. The van der Waals surface area contributed by atoms with Crippen LogP contribution in [0.4, 0.5) is 5.13 Å². The van der Waals surface area contributed by atoms with E-state index in [1.54, 1.807) is 11.0 Å². The molecule has 2 aromatic heterocycles. The van der Waals surface area contributed by atoms with Gasteiger partial charge in [0, 0.05) is 26.2 Å². The fourth-order valence-electron chi connectivity index (χ4n) is 3.38. The van der Waals surface area contributed by atoms with Crippen molar-refractivity contribution in [3.8, 4) is 0 Å². The van der Waals surface area contributed by atoms with Crippen molar-refractivity contribution in [1.82, 2.24) is 9.88 Å². The number of thiophene rings is 1. The summed E-state index contributed by atoms with van der Waals surface area (Å²) >= 11 is 15.1. The Morgan fingerprint density at radius 1 is 1.27 bits per heavy atom. The van der Waals surface area contributed by atoms with Crippen LogP contribution in [0.25, 0.3) is 10.2 Å². The summed E-state index contributed by atoms with van der Waals surface area (Å²) in [7, 11) is 0. The standard InChI is InChI=1S/C20H21Cl2N3O2S2.ClH/c1-13-4-2-5-15-17(13)23-20(28-15)25(7-3-6-24-8-10-27-11-9-24)19(26)14-12-16(21)29-18(14)22;/h2,4-5,12H,3,6-11H2,1H3;1H. The van der Waals surface area contributed by atoms with Crippen molar-refractivity contribution in [2.24, 2.45) is 0 Å². The maximum atomic E-state index is 13.3. The highest BCUT2D eigenvalue weighted by Crippen LogP contribution is 2.35. The first kappa shape index (κ1) is 23.7. The molecule has 0 bridgehead atoms. The molecule has 0 radical (unpaired) electrons. The number of halogens is 3. The number of anilines is 1. The number of hydrogen-bond donors (Lipinski definition) is 0. The van der Waals surface area contributed by atoms with Crippen LogP contribution in [0.1, 0.15) is 22.3 Å². The molecule has 1 fully saturated rings. The van der Waals surface area contributed by atoms with Gasteiger partial charge < -0.3 is 4.74 Å². The van der Waals surface area contributed by atoms with Crippen LogP contribution in [0.2, 0.25) is 8.67 Å². The third-order valence-corrected chi connectivity index (χ3v) is 7.46. The molecule has 1 aliphatic heterocycles. The average Bonchev–Trinajstić information content (AvgIpc) is 3.29. The summed E-state index contributed by atoms with van der Waals surface area (Å²) in [6.07, 6.45) is 0.843. The summed E-state index contributed by atoms with van der Waals surface area (Å²) in [6, 6.07) is 7.73. The van der Waals surface area contributed by atoms with Gasteiger partial charge in [-0.3, -0.25) is 14.6 Å². The zero-order chi connectivity index (χ0) is 20.4. The zero-order valence-electron chi connectivity index (χ0n) is 16.4. The van der Waals surface area contributed by atoms with Gasteiger partial charge in [-0.1, -0.05) is 46.7 Å². The third-order valence-electron chi connectivity index (χ3n) is 4.93. The summed E-state index contributed by atoms with van der Waals surface area (Å²) < 4.78 is 7.40. The number of fused-ring (bicyclic) bond motifs is 1. The smallest absolute Gasteiger partial charge is 0.262 e. The van der Waals surface area contributed by atoms with Crippen molar-refractivity contribution in [2.45, 2.75) is 13.3 Å². The van der Waals surface area contributed by atoms with Crippen LogP contribution >= 0.6 is 58.3 Å². The monoisotopic (exact) mass is 505 g/mol. The van der Waals surface area contributed by atoms with E-state index < -0.39 is 0 Å². The first-order valence-corrected chi connectivity index (χ1v) is 11.8. The second-order valence-electron chi connectivity index (χ2n) is 6.92. The molecule has 0 aliphatic carbocycles. The fourth-order valence-corrected chi connectivity index (χ4v) is 5.90. The number of ether oxygens (including phenoxy) is 1. The second-order valence-corrected chi connectivity index (χ2v) is 10.2. The topological polar surface area (TPSA) is 45.7 Å². The molecule has 3 heterocycles. The van der Waals surface area contributed by atoms with Gasteiger partial charge in [-0.05, 0) is 31.0 Å². The Bertz CT molecular complexity index is 1020. The lowest BCUT2D eigenvalue weighted by Crippen LogP contribution is -2.39. The van der Waals surface area contributed by atoms with Gasteiger partial charge in [0.05, 0.1) is 33.3 Å². The predicted octanol–water partition coefficient (Wildman–Crippen LogP) is 5.76. The maximum Gasteiger partial charge on any atom is 0.262 e. The Kier molecular flexibility index (Phi) is 8.38. The van der Waals surface area contributed by atoms with Crippen LogP contribution in [0.5, 0.6) is 0 Å². The van der Waals surface area contributed by atoms with Gasteiger partial charge in [-0.2, -0.15) is 0 Å². The van der Waals surface area contributed by atoms with E-state index in [1.165, 1.54) is 22.7 Å². The highest BCUT2D eigenvalue weighted by atomic mass is 35.5. The normalized spacial score (nSPS) is 14.6. The molecular weight excluding hydrogens is 485 g/mol. The summed E-state index contributed by atoms with van der Waals surface area (Å²) in [4.78, 5) is 22.2. The van der Waals surface area contributed by atoms with Crippen molar-refractivity contribution in [2.75, 3.05) is 44.3 Å². The van der Waals surface area contributed by atoms with Gasteiger partial charge in [0.2, 0.25) is 0 Å². The van der Waals surface area contributed by atoms with Crippen LogP contribution in [0, 0.1) is 6.92 Å².